The molecule has 6 heteroatoms. The standard InChI is InChI=1S/C15H19N3O3/c1-2-21-15(20)11-4-3-5-12(8-11)18-10-17-7-6-16-9-13(17)14(18)19/h3-5,8,13,16H,2,6-7,9-10H2,1H3. The summed E-state index contributed by atoms with van der Waals surface area (Å²) >= 11 is 0. The molecule has 0 aliphatic carbocycles. The van der Waals surface area contributed by atoms with Crippen LogP contribution in [-0.2, 0) is 9.53 Å². The van der Waals surface area contributed by atoms with Gasteiger partial charge in [-0.25, -0.2) is 4.79 Å². The molecule has 0 radical (unpaired) electrons. The van der Waals surface area contributed by atoms with Crippen LogP contribution < -0.4 is 10.2 Å². The number of hydrogen-bond acceptors (Lipinski definition) is 5. The lowest BCUT2D eigenvalue weighted by Gasteiger charge is -2.26. The molecule has 1 aromatic rings. The molecule has 1 aromatic carbocycles. The molecule has 2 saturated heterocycles. The van der Waals surface area contributed by atoms with E-state index in [0.29, 0.717) is 25.4 Å². The first-order valence-electron chi connectivity index (χ1n) is 7.24. The quantitative estimate of drug-likeness (QED) is 0.818. The van der Waals surface area contributed by atoms with Crippen LogP contribution in [0.2, 0.25) is 0 Å². The summed E-state index contributed by atoms with van der Waals surface area (Å²) in [7, 11) is 0. The van der Waals surface area contributed by atoms with E-state index in [1.165, 1.54) is 0 Å². The molecule has 1 unspecified atom stereocenters. The summed E-state index contributed by atoms with van der Waals surface area (Å²) in [5, 5.41) is 3.24. The van der Waals surface area contributed by atoms with Crippen LogP contribution in [0.25, 0.3) is 0 Å². The number of piperazine rings is 1. The van der Waals surface area contributed by atoms with E-state index in [-0.39, 0.29) is 17.9 Å². The summed E-state index contributed by atoms with van der Waals surface area (Å²) in [5.41, 5.74) is 1.23. The number of esters is 1. The first-order chi connectivity index (χ1) is 10.2. The van der Waals surface area contributed by atoms with E-state index in [0.717, 1.165) is 18.8 Å². The molecule has 2 fully saturated rings. The van der Waals surface area contributed by atoms with Gasteiger partial charge in [-0.1, -0.05) is 6.07 Å². The minimum absolute atomic E-state index is 0.0863. The van der Waals surface area contributed by atoms with Crippen molar-refractivity contribution in [1.29, 1.82) is 0 Å². The van der Waals surface area contributed by atoms with E-state index in [1.807, 2.05) is 6.07 Å². The number of nitrogens with zero attached hydrogens (tertiary/aromatic N) is 2. The molecule has 1 amide bonds. The number of amides is 1. The Bertz CT molecular complexity index is 561. The summed E-state index contributed by atoms with van der Waals surface area (Å²) in [4.78, 5) is 28.2. The van der Waals surface area contributed by atoms with Crippen LogP contribution in [0.15, 0.2) is 24.3 Å². The van der Waals surface area contributed by atoms with Gasteiger partial charge >= 0.3 is 5.97 Å². The lowest BCUT2D eigenvalue weighted by molar-refractivity contribution is -0.120. The van der Waals surface area contributed by atoms with Crippen molar-refractivity contribution in [2.45, 2.75) is 13.0 Å². The molecule has 2 heterocycles. The summed E-state index contributed by atoms with van der Waals surface area (Å²) in [5.74, 6) is -0.270. The molecule has 0 bridgehead atoms. The van der Waals surface area contributed by atoms with Crippen LogP contribution in [0, 0.1) is 0 Å². The molecule has 0 spiro atoms. The second kappa shape index (κ2) is 5.83. The molecule has 2 aliphatic rings. The van der Waals surface area contributed by atoms with Gasteiger partial charge in [0.1, 0.15) is 6.04 Å². The van der Waals surface area contributed by atoms with Crippen molar-refractivity contribution >= 4 is 17.6 Å². The highest BCUT2D eigenvalue weighted by Gasteiger charge is 2.40. The van der Waals surface area contributed by atoms with Gasteiger partial charge in [0, 0.05) is 25.3 Å². The van der Waals surface area contributed by atoms with Gasteiger partial charge in [0.05, 0.1) is 18.8 Å². The molecule has 21 heavy (non-hydrogen) atoms. The maximum atomic E-state index is 12.5. The van der Waals surface area contributed by atoms with Gasteiger partial charge < -0.3 is 10.1 Å². The van der Waals surface area contributed by atoms with Gasteiger partial charge in [-0.05, 0) is 25.1 Å². The zero-order chi connectivity index (χ0) is 14.8. The monoisotopic (exact) mass is 289 g/mol. The largest absolute Gasteiger partial charge is 0.462 e. The first-order valence-corrected chi connectivity index (χ1v) is 7.24. The zero-order valence-corrected chi connectivity index (χ0v) is 12.0. The van der Waals surface area contributed by atoms with Crippen molar-refractivity contribution in [3.05, 3.63) is 29.8 Å². The van der Waals surface area contributed by atoms with Crippen LogP contribution in [-0.4, -0.2) is 55.7 Å². The predicted molar refractivity (Wildman–Crippen MR) is 78.1 cm³/mol. The summed E-state index contributed by atoms with van der Waals surface area (Å²) in [6, 6.07) is 6.97. The average Bonchev–Trinajstić information content (AvgIpc) is 2.85. The summed E-state index contributed by atoms with van der Waals surface area (Å²) in [6.45, 7) is 5.15. The van der Waals surface area contributed by atoms with Crippen LogP contribution in [0.5, 0.6) is 0 Å². The SMILES string of the molecule is CCOC(=O)c1cccc(N2CN3CCNCC3C2=O)c1. The Balaban J connectivity index is 1.82. The van der Waals surface area contributed by atoms with Gasteiger partial charge in [-0.15, -0.1) is 0 Å². The number of ether oxygens (including phenoxy) is 1. The molecule has 2 aliphatic heterocycles. The van der Waals surface area contributed by atoms with E-state index in [2.05, 4.69) is 10.2 Å². The Kier molecular flexibility index (Phi) is 3.90. The zero-order valence-electron chi connectivity index (χ0n) is 12.0. The van der Waals surface area contributed by atoms with Crippen molar-refractivity contribution in [3.63, 3.8) is 0 Å². The second-order valence-electron chi connectivity index (χ2n) is 5.21. The molecule has 1 N–H and O–H groups in total. The fourth-order valence-electron chi connectivity index (χ4n) is 2.81. The van der Waals surface area contributed by atoms with Gasteiger partial charge in [0.25, 0.3) is 0 Å². The molecule has 6 nitrogen and oxygen atoms in total. The first kappa shape index (κ1) is 14.0. The van der Waals surface area contributed by atoms with Crippen LogP contribution in [0.4, 0.5) is 5.69 Å². The molecule has 112 valence electrons. The Morgan fingerprint density at radius 2 is 2.33 bits per heavy atom. The fraction of sp³-hybridized carbons (Fsp3) is 0.467. The van der Waals surface area contributed by atoms with E-state index in [1.54, 1.807) is 30.0 Å². The lowest BCUT2D eigenvalue weighted by Crippen LogP contribution is -2.50. The number of fused-ring (bicyclic) bond motifs is 1. The third-order valence-corrected chi connectivity index (χ3v) is 3.90. The van der Waals surface area contributed by atoms with Gasteiger partial charge in [0.15, 0.2) is 0 Å². The van der Waals surface area contributed by atoms with E-state index >= 15 is 0 Å². The minimum Gasteiger partial charge on any atom is -0.462 e. The Morgan fingerprint density at radius 1 is 1.48 bits per heavy atom. The van der Waals surface area contributed by atoms with Crippen molar-refractivity contribution < 1.29 is 14.3 Å². The molecule has 3 rings (SSSR count). The summed E-state index contributed by atoms with van der Waals surface area (Å²) in [6.07, 6.45) is 0. The van der Waals surface area contributed by atoms with Crippen LogP contribution in [0.3, 0.4) is 0 Å². The Morgan fingerprint density at radius 3 is 3.10 bits per heavy atom. The Labute approximate surface area is 123 Å². The number of anilines is 1. The average molecular weight is 289 g/mol. The topological polar surface area (TPSA) is 61.9 Å². The highest BCUT2D eigenvalue weighted by Crippen LogP contribution is 2.25. The number of benzene rings is 1. The third-order valence-electron chi connectivity index (χ3n) is 3.90. The maximum absolute atomic E-state index is 12.5. The molecule has 1 atom stereocenters. The highest BCUT2D eigenvalue weighted by atomic mass is 16.5. The number of hydrogen-bond donors (Lipinski definition) is 1. The number of nitrogens with one attached hydrogen (secondary N) is 1. The van der Waals surface area contributed by atoms with Crippen molar-refractivity contribution in [2.24, 2.45) is 0 Å². The van der Waals surface area contributed by atoms with Crippen LogP contribution >= 0.6 is 0 Å². The van der Waals surface area contributed by atoms with Crippen molar-refractivity contribution in [1.82, 2.24) is 10.2 Å². The van der Waals surface area contributed by atoms with Gasteiger partial charge in [0.2, 0.25) is 5.91 Å². The second-order valence-corrected chi connectivity index (χ2v) is 5.21. The molecular weight excluding hydrogens is 270 g/mol. The smallest absolute Gasteiger partial charge is 0.338 e. The molecule has 0 aromatic heterocycles. The lowest BCUT2D eigenvalue weighted by atomic mass is 10.1. The minimum atomic E-state index is -0.356. The van der Waals surface area contributed by atoms with E-state index in [9.17, 15) is 9.59 Å². The number of carbonyl (C=O) groups is 2. The van der Waals surface area contributed by atoms with Gasteiger partial charge in [-0.2, -0.15) is 0 Å². The van der Waals surface area contributed by atoms with Crippen LogP contribution in [0.1, 0.15) is 17.3 Å². The molecular formula is C15H19N3O3. The maximum Gasteiger partial charge on any atom is 0.338 e. The number of rotatable bonds is 3. The predicted octanol–water partition coefficient (Wildman–Crippen LogP) is 0.441. The van der Waals surface area contributed by atoms with Gasteiger partial charge in [-0.3, -0.25) is 14.6 Å². The number of carbonyl (C=O) groups excluding carboxylic acids is 2. The summed E-state index contributed by atoms with van der Waals surface area (Å²) < 4.78 is 5.00. The fourth-order valence-corrected chi connectivity index (χ4v) is 2.81. The van der Waals surface area contributed by atoms with Crippen molar-refractivity contribution in [2.75, 3.05) is 37.8 Å². The normalized spacial score (nSPS) is 22.2. The Hall–Kier alpha value is -1.92. The highest BCUT2D eigenvalue weighted by molar-refractivity contribution is 6.00. The third kappa shape index (κ3) is 2.64. The van der Waals surface area contributed by atoms with Crippen molar-refractivity contribution in [3.8, 4) is 0 Å². The van der Waals surface area contributed by atoms with E-state index < -0.39 is 0 Å². The molecule has 0 saturated carbocycles. The van der Waals surface area contributed by atoms with E-state index in [4.69, 9.17) is 4.74 Å².